The first-order valence-electron chi connectivity index (χ1n) is 2.93. The van der Waals surface area contributed by atoms with Crippen LogP contribution in [0, 0.1) is 17.1 Å². The van der Waals surface area contributed by atoms with E-state index in [4.69, 9.17) is 15.9 Å². The molecule has 12 heavy (non-hydrogen) atoms. The van der Waals surface area contributed by atoms with E-state index in [1.54, 1.807) is 6.07 Å². The highest BCUT2D eigenvalue weighted by Gasteiger charge is 2.11. The Morgan fingerprint density at radius 2 is 2.25 bits per heavy atom. The number of rotatable bonds is 1. The number of hydrogen-bond donors (Lipinski definition) is 0. The fourth-order valence-electron chi connectivity index (χ4n) is 0.747. The van der Waals surface area contributed by atoms with Crippen LogP contribution in [0.1, 0.15) is 5.56 Å². The second-order valence-electron chi connectivity index (χ2n) is 1.95. The molecule has 0 aliphatic rings. The summed E-state index contributed by atoms with van der Waals surface area (Å²) >= 11 is 0. The minimum atomic E-state index is -1.84. The van der Waals surface area contributed by atoms with Gasteiger partial charge in [-0.1, -0.05) is 6.07 Å². The lowest BCUT2D eigenvalue weighted by Crippen LogP contribution is -1.91. The van der Waals surface area contributed by atoms with Gasteiger partial charge in [0.1, 0.15) is 27.5 Å². The van der Waals surface area contributed by atoms with Crippen LogP contribution in [-0.4, -0.2) is 4.21 Å². The van der Waals surface area contributed by atoms with Crippen LogP contribution < -0.4 is 0 Å². The van der Waals surface area contributed by atoms with Gasteiger partial charge in [0.2, 0.25) is 0 Å². The average molecular weight is 204 g/mol. The van der Waals surface area contributed by atoms with Gasteiger partial charge < -0.3 is 0 Å². The summed E-state index contributed by atoms with van der Waals surface area (Å²) < 4.78 is 23.5. The maximum Gasteiger partial charge on any atom is 0.149 e. The van der Waals surface area contributed by atoms with E-state index in [0.29, 0.717) is 0 Å². The molecule has 0 bridgehead atoms. The highest BCUT2D eigenvalue weighted by molar-refractivity contribution is 8.08. The van der Waals surface area contributed by atoms with Gasteiger partial charge in [0.15, 0.2) is 0 Å². The van der Waals surface area contributed by atoms with Gasteiger partial charge in [0.05, 0.1) is 4.90 Å². The molecule has 5 heteroatoms. The summed E-state index contributed by atoms with van der Waals surface area (Å²) in [7, 11) is 3.37. The monoisotopic (exact) mass is 203 g/mol. The van der Waals surface area contributed by atoms with E-state index in [-0.39, 0.29) is 10.5 Å². The highest BCUT2D eigenvalue weighted by Crippen LogP contribution is 2.17. The van der Waals surface area contributed by atoms with Gasteiger partial charge in [-0.15, -0.1) is 0 Å². The molecule has 0 fully saturated rings. The molecule has 1 rings (SSSR count). The van der Waals surface area contributed by atoms with E-state index in [1.165, 1.54) is 12.1 Å². The molecule has 0 saturated heterocycles. The lowest BCUT2D eigenvalue weighted by Gasteiger charge is -1.97. The first kappa shape index (κ1) is 9.17. The number of nitrogens with zero attached hydrogens (tertiary/aromatic N) is 1. The minimum absolute atomic E-state index is 0.0131. The molecule has 1 aromatic rings. The Morgan fingerprint density at radius 1 is 1.58 bits per heavy atom. The van der Waals surface area contributed by atoms with E-state index in [1.807, 2.05) is 0 Å². The van der Waals surface area contributed by atoms with Crippen LogP contribution in [0.3, 0.4) is 0 Å². The standard InChI is InChI=1S/C7H3ClFNOS/c8-12(11)7-3-1-2-6(9)5(7)4-10/h1-3H. The van der Waals surface area contributed by atoms with E-state index >= 15 is 0 Å². The molecule has 1 unspecified atom stereocenters. The molecule has 0 spiro atoms. The molecule has 0 aliphatic heterocycles. The largest absolute Gasteiger partial charge is 0.237 e. The molecule has 0 amide bonds. The molecule has 0 heterocycles. The molecule has 2 nitrogen and oxygen atoms in total. The third-order valence-corrected chi connectivity index (χ3v) is 2.44. The fraction of sp³-hybridized carbons (Fsp3) is 0. The molecule has 0 saturated carbocycles. The number of nitriles is 1. The van der Waals surface area contributed by atoms with Crippen molar-refractivity contribution in [1.29, 1.82) is 5.26 Å². The van der Waals surface area contributed by atoms with E-state index in [2.05, 4.69) is 0 Å². The van der Waals surface area contributed by atoms with Crippen molar-refractivity contribution < 1.29 is 8.60 Å². The van der Waals surface area contributed by atoms with E-state index in [9.17, 15) is 8.60 Å². The summed E-state index contributed by atoms with van der Waals surface area (Å²) in [4.78, 5) is 0.0131. The van der Waals surface area contributed by atoms with Gasteiger partial charge in [0.25, 0.3) is 0 Å². The lowest BCUT2D eigenvalue weighted by atomic mass is 10.2. The zero-order valence-electron chi connectivity index (χ0n) is 5.75. The molecule has 1 aromatic carbocycles. The third-order valence-electron chi connectivity index (χ3n) is 1.26. The van der Waals surface area contributed by atoms with Gasteiger partial charge in [-0.3, -0.25) is 0 Å². The summed E-state index contributed by atoms with van der Waals surface area (Å²) in [6.07, 6.45) is 0. The Morgan fingerprint density at radius 3 is 2.67 bits per heavy atom. The molecule has 0 N–H and O–H groups in total. The van der Waals surface area contributed by atoms with Gasteiger partial charge in [-0.25, -0.2) is 8.60 Å². The fourth-order valence-corrected chi connectivity index (χ4v) is 1.62. The SMILES string of the molecule is N#Cc1c(F)cccc1S(=O)Cl. The van der Waals surface area contributed by atoms with Crippen molar-refractivity contribution in [3.8, 4) is 6.07 Å². The van der Waals surface area contributed by atoms with E-state index < -0.39 is 15.8 Å². The summed E-state index contributed by atoms with van der Waals surface area (Å²) in [5.74, 6) is -0.705. The number of hydrogen-bond acceptors (Lipinski definition) is 2. The van der Waals surface area contributed by atoms with Crippen molar-refractivity contribution in [3.05, 3.63) is 29.6 Å². The Labute approximate surface area is 75.5 Å². The third kappa shape index (κ3) is 1.63. The second-order valence-corrected chi connectivity index (χ2v) is 3.68. The molecule has 1 atom stereocenters. The molecular formula is C7H3ClFNOS. The maximum atomic E-state index is 12.8. The summed E-state index contributed by atoms with van der Waals surface area (Å²) in [6.45, 7) is 0. The van der Waals surface area contributed by atoms with Crippen molar-refractivity contribution in [2.24, 2.45) is 0 Å². The zero-order valence-corrected chi connectivity index (χ0v) is 7.32. The summed E-state index contributed by atoms with van der Waals surface area (Å²) in [6, 6.07) is 5.41. The smallest absolute Gasteiger partial charge is 0.149 e. The van der Waals surface area contributed by atoms with Crippen molar-refractivity contribution in [2.75, 3.05) is 0 Å². The van der Waals surface area contributed by atoms with Gasteiger partial charge in [-0.2, -0.15) is 5.26 Å². The molecule has 62 valence electrons. The first-order valence-corrected chi connectivity index (χ1v) is 4.91. The van der Waals surface area contributed by atoms with Crippen LogP contribution in [0.4, 0.5) is 4.39 Å². The predicted molar refractivity (Wildman–Crippen MR) is 43.4 cm³/mol. The van der Waals surface area contributed by atoms with Crippen molar-refractivity contribution >= 4 is 20.7 Å². The van der Waals surface area contributed by atoms with Gasteiger partial charge in [0, 0.05) is 0 Å². The molecule has 0 aliphatic carbocycles. The number of benzene rings is 1. The topological polar surface area (TPSA) is 40.9 Å². The van der Waals surface area contributed by atoms with Crippen molar-refractivity contribution in [1.82, 2.24) is 0 Å². The molecule has 0 radical (unpaired) electrons. The summed E-state index contributed by atoms with van der Waals surface area (Å²) in [5.41, 5.74) is -0.258. The Bertz CT molecular complexity index is 374. The quantitative estimate of drug-likeness (QED) is 0.655. The Balaban J connectivity index is 3.40. The second kappa shape index (κ2) is 3.65. The predicted octanol–water partition coefficient (Wildman–Crippen LogP) is 1.96. The normalized spacial score (nSPS) is 12.1. The van der Waals surface area contributed by atoms with Crippen LogP contribution >= 0.6 is 10.7 Å². The van der Waals surface area contributed by atoms with Crippen LogP contribution in [0.15, 0.2) is 23.1 Å². The highest BCUT2D eigenvalue weighted by atomic mass is 35.7. The lowest BCUT2D eigenvalue weighted by molar-refractivity contribution is 0.618. The van der Waals surface area contributed by atoms with Crippen LogP contribution in [-0.2, 0) is 10.0 Å². The van der Waals surface area contributed by atoms with Crippen LogP contribution in [0.5, 0.6) is 0 Å². The zero-order chi connectivity index (χ0) is 9.14. The van der Waals surface area contributed by atoms with Crippen molar-refractivity contribution in [2.45, 2.75) is 4.90 Å². The Kier molecular flexibility index (Phi) is 2.79. The molecular weight excluding hydrogens is 201 g/mol. The van der Waals surface area contributed by atoms with Crippen LogP contribution in [0.2, 0.25) is 0 Å². The van der Waals surface area contributed by atoms with Gasteiger partial charge in [-0.05, 0) is 22.8 Å². The van der Waals surface area contributed by atoms with E-state index in [0.717, 1.165) is 6.07 Å². The van der Waals surface area contributed by atoms with Crippen molar-refractivity contribution in [3.63, 3.8) is 0 Å². The van der Waals surface area contributed by atoms with Gasteiger partial charge >= 0.3 is 0 Å². The first-order chi connectivity index (χ1) is 5.66. The average Bonchev–Trinajstić information content (AvgIpc) is 2.03. The summed E-state index contributed by atoms with van der Waals surface area (Å²) in [5, 5.41) is 8.47. The maximum absolute atomic E-state index is 12.8. The Hall–Kier alpha value is -0.920. The van der Waals surface area contributed by atoms with Crippen LogP contribution in [0.25, 0.3) is 0 Å². The molecule has 0 aromatic heterocycles. The number of halogens is 2. The minimum Gasteiger partial charge on any atom is -0.237 e.